The normalized spacial score (nSPS) is 27.8. The highest BCUT2D eigenvalue weighted by Crippen LogP contribution is 2.62. The summed E-state index contributed by atoms with van der Waals surface area (Å²) in [6, 6.07) is 8.70. The number of aromatic amines is 1. The Bertz CT molecular complexity index is 957. The quantitative estimate of drug-likeness (QED) is 0.469. The molecule has 0 aliphatic heterocycles. The van der Waals surface area contributed by atoms with Gasteiger partial charge in [-0.3, -0.25) is 0 Å². The number of unbranched alkanes of at least 4 members (excludes halogenated alkanes) is 1. The lowest BCUT2D eigenvalue weighted by molar-refractivity contribution is -0.116. The average molecular weight is 430 g/mol. The molecule has 162 valence electrons. The van der Waals surface area contributed by atoms with Gasteiger partial charge in [0.1, 0.15) is 5.82 Å². The van der Waals surface area contributed by atoms with E-state index >= 15 is 0 Å². The largest absolute Gasteiger partial charge is 0.243 e. The summed E-state index contributed by atoms with van der Waals surface area (Å²) in [7, 11) is -3.49. The first kappa shape index (κ1) is 21.2. The molecule has 0 radical (unpaired) electrons. The molecule has 7 nitrogen and oxygen atoms in total. The molecular formula is C22H31N5O2S. The summed E-state index contributed by atoms with van der Waals surface area (Å²) in [6.45, 7) is 4.69. The van der Waals surface area contributed by atoms with Crippen LogP contribution in [0.2, 0.25) is 0 Å². The molecule has 5 rings (SSSR count). The number of sulfonamides is 1. The van der Waals surface area contributed by atoms with E-state index in [2.05, 4.69) is 51.3 Å². The van der Waals surface area contributed by atoms with E-state index in [1.165, 1.54) is 6.42 Å². The van der Waals surface area contributed by atoms with Gasteiger partial charge in [0.15, 0.2) is 0 Å². The number of benzene rings is 1. The van der Waals surface area contributed by atoms with Gasteiger partial charge >= 0.3 is 0 Å². The Kier molecular flexibility index (Phi) is 6.06. The van der Waals surface area contributed by atoms with E-state index in [0.717, 1.165) is 37.9 Å². The molecule has 2 N–H and O–H groups in total. The van der Waals surface area contributed by atoms with Gasteiger partial charge in [0.25, 0.3) is 0 Å². The number of aryl methyl sites for hydroxylation is 1. The molecule has 1 aromatic carbocycles. The molecule has 30 heavy (non-hydrogen) atoms. The first-order valence-corrected chi connectivity index (χ1v) is 12.3. The number of nitrogens with one attached hydrogen (secondary N) is 2. The number of hydrogen-bond acceptors (Lipinski definition) is 5. The number of tetrazole rings is 1. The van der Waals surface area contributed by atoms with Crippen LogP contribution in [-0.4, -0.2) is 35.1 Å². The van der Waals surface area contributed by atoms with Gasteiger partial charge in [-0.25, -0.2) is 18.2 Å². The van der Waals surface area contributed by atoms with Crippen molar-refractivity contribution in [1.29, 1.82) is 0 Å². The van der Waals surface area contributed by atoms with E-state index in [9.17, 15) is 8.42 Å². The van der Waals surface area contributed by atoms with Crippen LogP contribution < -0.4 is 4.72 Å². The van der Waals surface area contributed by atoms with Gasteiger partial charge in [-0.05, 0) is 77.8 Å². The van der Waals surface area contributed by atoms with E-state index in [0.29, 0.717) is 28.1 Å². The van der Waals surface area contributed by atoms with Crippen molar-refractivity contribution in [2.75, 3.05) is 0 Å². The topological polar surface area (TPSA) is 101 Å². The van der Waals surface area contributed by atoms with Gasteiger partial charge in [-0.15, -0.1) is 5.10 Å². The van der Waals surface area contributed by atoms with E-state index in [1.54, 1.807) is 24.3 Å². The molecule has 2 aromatic rings. The van der Waals surface area contributed by atoms with Crippen molar-refractivity contribution in [2.24, 2.45) is 23.2 Å². The number of H-pyrrole nitrogens is 1. The Morgan fingerprint density at radius 2 is 2.00 bits per heavy atom. The van der Waals surface area contributed by atoms with Crippen molar-refractivity contribution in [3.05, 3.63) is 48.3 Å². The van der Waals surface area contributed by atoms with Crippen molar-refractivity contribution in [2.45, 2.75) is 63.3 Å². The number of hydrogen-bond donors (Lipinski definition) is 2. The third-order valence-electron chi connectivity index (χ3n) is 7.23. The van der Waals surface area contributed by atoms with E-state index in [4.69, 9.17) is 0 Å². The Morgan fingerprint density at radius 1 is 1.20 bits per heavy atom. The molecule has 3 fully saturated rings. The zero-order chi connectivity index (χ0) is 21.2. The number of nitrogens with zero attached hydrogens (tertiary/aromatic N) is 3. The fourth-order valence-corrected chi connectivity index (χ4v) is 6.64. The first-order chi connectivity index (χ1) is 14.4. The van der Waals surface area contributed by atoms with Crippen molar-refractivity contribution in [3.63, 3.8) is 0 Å². The van der Waals surface area contributed by atoms with Gasteiger partial charge in [0.2, 0.25) is 10.0 Å². The molecular weight excluding hydrogens is 398 g/mol. The maximum atomic E-state index is 12.9. The highest BCUT2D eigenvalue weighted by atomic mass is 32.2. The van der Waals surface area contributed by atoms with Crippen LogP contribution in [0.15, 0.2) is 47.4 Å². The summed E-state index contributed by atoms with van der Waals surface area (Å²) in [5, 5.41) is 13.9. The summed E-state index contributed by atoms with van der Waals surface area (Å²) >= 11 is 0. The SMILES string of the molecule is CC1(C)[C@H]2C[C@H](NS(=O)(=O)c3ccccc3)[C@@H](CC=CCCCc3nnn[nH]3)[C@@H]1C2. The van der Waals surface area contributed by atoms with Crippen LogP contribution in [0, 0.1) is 23.2 Å². The third-order valence-corrected chi connectivity index (χ3v) is 8.73. The minimum absolute atomic E-state index is 0.00287. The van der Waals surface area contributed by atoms with Gasteiger partial charge in [0.05, 0.1) is 4.90 Å². The molecule has 3 aliphatic rings. The number of allylic oxidation sites excluding steroid dienone is 2. The van der Waals surface area contributed by atoms with Gasteiger partial charge in [0, 0.05) is 12.5 Å². The molecule has 3 aliphatic carbocycles. The number of aromatic nitrogens is 4. The number of rotatable bonds is 9. The third kappa shape index (κ3) is 4.34. The Balaban J connectivity index is 1.38. The summed E-state index contributed by atoms with van der Waals surface area (Å²) in [6.07, 6.45) is 10.3. The van der Waals surface area contributed by atoms with Gasteiger partial charge in [-0.1, -0.05) is 44.2 Å². The minimum atomic E-state index is -3.49. The molecule has 3 saturated carbocycles. The molecule has 0 amide bonds. The molecule has 0 unspecified atom stereocenters. The van der Waals surface area contributed by atoms with Crippen LogP contribution in [0.25, 0.3) is 0 Å². The summed E-state index contributed by atoms with van der Waals surface area (Å²) in [5.74, 6) is 2.30. The van der Waals surface area contributed by atoms with E-state index in [-0.39, 0.29) is 6.04 Å². The Labute approximate surface area is 178 Å². The second kappa shape index (κ2) is 8.59. The predicted octanol–water partition coefficient (Wildman–Crippen LogP) is 3.50. The molecule has 0 saturated heterocycles. The Hall–Kier alpha value is -2.06. The van der Waals surface area contributed by atoms with Crippen LogP contribution in [0.4, 0.5) is 0 Å². The van der Waals surface area contributed by atoms with Crippen molar-refractivity contribution in [1.82, 2.24) is 25.3 Å². The molecule has 0 spiro atoms. The fourth-order valence-electron chi connectivity index (χ4n) is 5.32. The zero-order valence-electron chi connectivity index (χ0n) is 17.7. The van der Waals surface area contributed by atoms with Crippen LogP contribution in [-0.2, 0) is 16.4 Å². The maximum absolute atomic E-state index is 12.9. The Morgan fingerprint density at radius 3 is 2.70 bits per heavy atom. The van der Waals surface area contributed by atoms with E-state index in [1.807, 2.05) is 6.07 Å². The van der Waals surface area contributed by atoms with Crippen molar-refractivity contribution in [3.8, 4) is 0 Å². The lowest BCUT2D eigenvalue weighted by atomic mass is 9.44. The highest BCUT2D eigenvalue weighted by molar-refractivity contribution is 7.89. The maximum Gasteiger partial charge on any atom is 0.240 e. The summed E-state index contributed by atoms with van der Waals surface area (Å²) < 4.78 is 28.9. The highest BCUT2D eigenvalue weighted by Gasteiger charge is 2.57. The second-order valence-corrected chi connectivity index (χ2v) is 11.0. The minimum Gasteiger partial charge on any atom is -0.243 e. The molecule has 8 heteroatoms. The monoisotopic (exact) mass is 429 g/mol. The molecule has 2 bridgehead atoms. The van der Waals surface area contributed by atoms with Gasteiger partial charge in [-0.2, -0.15) is 0 Å². The van der Waals surface area contributed by atoms with Crippen LogP contribution in [0.3, 0.4) is 0 Å². The molecule has 4 atom stereocenters. The van der Waals surface area contributed by atoms with Crippen LogP contribution in [0.5, 0.6) is 0 Å². The van der Waals surface area contributed by atoms with Gasteiger partial charge < -0.3 is 0 Å². The smallest absolute Gasteiger partial charge is 0.240 e. The lowest BCUT2D eigenvalue weighted by Gasteiger charge is -2.62. The molecule has 1 aromatic heterocycles. The standard InChI is InChI=1S/C22H31N5O2S/c1-22(2)16-14-19(22)18(12-8-3-4-9-13-21-23-26-27-24-21)20(15-16)25-30(28,29)17-10-6-5-7-11-17/h3,5-8,10-11,16,18-20,25H,4,9,12-15H2,1-2H3,(H,23,24,26,27)/t16-,18+,19+,20+/m1/s1. The lowest BCUT2D eigenvalue weighted by Crippen LogP contribution is -2.61. The average Bonchev–Trinajstić information content (AvgIpc) is 3.25. The first-order valence-electron chi connectivity index (χ1n) is 10.8. The van der Waals surface area contributed by atoms with E-state index < -0.39 is 10.0 Å². The zero-order valence-corrected chi connectivity index (χ0v) is 18.5. The van der Waals surface area contributed by atoms with Crippen LogP contribution in [0.1, 0.15) is 51.8 Å². The fraction of sp³-hybridized carbons (Fsp3) is 0.591. The second-order valence-electron chi connectivity index (χ2n) is 9.25. The predicted molar refractivity (Wildman–Crippen MR) is 115 cm³/mol. The molecule has 1 heterocycles. The summed E-state index contributed by atoms with van der Waals surface area (Å²) in [5.41, 5.74) is 0.298. The van der Waals surface area contributed by atoms with Crippen molar-refractivity contribution < 1.29 is 8.42 Å². The van der Waals surface area contributed by atoms with Crippen molar-refractivity contribution >= 4 is 10.0 Å². The number of fused-ring (bicyclic) bond motifs is 2. The van der Waals surface area contributed by atoms with Crippen LogP contribution >= 0.6 is 0 Å². The summed E-state index contributed by atoms with van der Waals surface area (Å²) in [4.78, 5) is 0.347.